The first-order valence-electron chi connectivity index (χ1n) is 4.99. The van der Waals surface area contributed by atoms with Crippen LogP contribution in [-0.2, 0) is 6.42 Å². The summed E-state index contributed by atoms with van der Waals surface area (Å²) in [5, 5.41) is 11.8. The van der Waals surface area contributed by atoms with Gasteiger partial charge in [-0.1, -0.05) is 6.92 Å². The molecule has 0 atom stereocenters. The van der Waals surface area contributed by atoms with Crippen molar-refractivity contribution in [2.75, 3.05) is 0 Å². The van der Waals surface area contributed by atoms with Crippen molar-refractivity contribution in [2.45, 2.75) is 20.3 Å². The summed E-state index contributed by atoms with van der Waals surface area (Å²) in [4.78, 5) is 13.7. The van der Waals surface area contributed by atoms with Crippen molar-refractivity contribution >= 4 is 39.2 Å². The Hall–Kier alpha value is -1.11. The second kappa shape index (κ2) is 4.04. The smallest absolute Gasteiger partial charge is 0.271 e. The summed E-state index contributed by atoms with van der Waals surface area (Å²) in [5.41, 5.74) is 3.42. The molecule has 0 aliphatic rings. The SMILES string of the molecule is CCc1c(C)[nH]c2c(I)cc([N+](=O)[O-])cc12. The highest BCUT2D eigenvalue weighted by Gasteiger charge is 2.15. The maximum atomic E-state index is 10.8. The zero-order valence-corrected chi connectivity index (χ0v) is 11.2. The van der Waals surface area contributed by atoms with Crippen molar-refractivity contribution in [3.63, 3.8) is 0 Å². The van der Waals surface area contributed by atoms with Gasteiger partial charge in [0.15, 0.2) is 0 Å². The average molecular weight is 330 g/mol. The zero-order chi connectivity index (χ0) is 11.9. The van der Waals surface area contributed by atoms with Gasteiger partial charge in [-0.05, 0) is 41.5 Å². The number of halogens is 1. The normalized spacial score (nSPS) is 10.9. The van der Waals surface area contributed by atoms with Gasteiger partial charge in [0.25, 0.3) is 5.69 Å². The number of nitro groups is 1. The molecule has 84 valence electrons. The predicted molar refractivity (Wildman–Crippen MR) is 71.8 cm³/mol. The molecule has 0 unspecified atom stereocenters. The van der Waals surface area contributed by atoms with Crippen molar-refractivity contribution in [3.8, 4) is 0 Å². The topological polar surface area (TPSA) is 58.9 Å². The highest BCUT2D eigenvalue weighted by atomic mass is 127. The van der Waals surface area contributed by atoms with E-state index in [1.165, 1.54) is 0 Å². The second-order valence-electron chi connectivity index (χ2n) is 3.69. The number of nitrogens with one attached hydrogen (secondary N) is 1. The Morgan fingerprint density at radius 2 is 2.19 bits per heavy atom. The van der Waals surface area contributed by atoms with Gasteiger partial charge in [0.1, 0.15) is 0 Å². The minimum atomic E-state index is -0.344. The highest BCUT2D eigenvalue weighted by molar-refractivity contribution is 14.1. The summed E-state index contributed by atoms with van der Waals surface area (Å²) >= 11 is 2.13. The number of non-ortho nitro benzene ring substituents is 1. The molecule has 2 aromatic rings. The van der Waals surface area contributed by atoms with Crippen LogP contribution < -0.4 is 0 Å². The van der Waals surface area contributed by atoms with Gasteiger partial charge in [-0.3, -0.25) is 10.1 Å². The third kappa shape index (κ3) is 1.68. The van der Waals surface area contributed by atoms with Crippen LogP contribution in [0.15, 0.2) is 12.1 Å². The Kier molecular flexibility index (Phi) is 2.88. The fourth-order valence-electron chi connectivity index (χ4n) is 1.98. The van der Waals surface area contributed by atoms with Crippen LogP contribution in [-0.4, -0.2) is 9.91 Å². The molecule has 0 aliphatic heterocycles. The fraction of sp³-hybridized carbons (Fsp3) is 0.273. The molecule has 0 bridgehead atoms. The Labute approximate surface area is 106 Å². The standard InChI is InChI=1S/C11H11IN2O2/c1-3-8-6(2)13-11-9(8)4-7(14(15)16)5-10(11)12/h4-5,13H,3H2,1-2H3. The molecule has 0 fully saturated rings. The first-order chi connectivity index (χ1) is 7.54. The molecule has 5 heteroatoms. The van der Waals surface area contributed by atoms with E-state index in [9.17, 15) is 10.1 Å². The van der Waals surface area contributed by atoms with Crippen LogP contribution in [0.4, 0.5) is 5.69 Å². The van der Waals surface area contributed by atoms with E-state index < -0.39 is 0 Å². The summed E-state index contributed by atoms with van der Waals surface area (Å²) in [6.45, 7) is 4.06. The predicted octanol–water partition coefficient (Wildman–Crippen LogP) is 3.55. The monoisotopic (exact) mass is 330 g/mol. The fourth-order valence-corrected chi connectivity index (χ4v) is 2.73. The molecule has 0 amide bonds. The van der Waals surface area contributed by atoms with Crippen molar-refractivity contribution in [2.24, 2.45) is 0 Å². The molecule has 1 aromatic carbocycles. The summed E-state index contributed by atoms with van der Waals surface area (Å²) in [6.07, 6.45) is 0.878. The molecule has 4 nitrogen and oxygen atoms in total. The molecule has 1 N–H and O–H groups in total. The molecule has 0 spiro atoms. The quantitative estimate of drug-likeness (QED) is 0.520. The minimum Gasteiger partial charge on any atom is -0.358 e. The van der Waals surface area contributed by atoms with Gasteiger partial charge < -0.3 is 4.98 Å². The van der Waals surface area contributed by atoms with E-state index in [0.29, 0.717) is 0 Å². The maximum Gasteiger partial charge on any atom is 0.271 e. The maximum absolute atomic E-state index is 10.8. The molecule has 1 aromatic heterocycles. The van der Waals surface area contributed by atoms with E-state index in [-0.39, 0.29) is 10.6 Å². The summed E-state index contributed by atoms with van der Waals surface area (Å²) < 4.78 is 0.893. The van der Waals surface area contributed by atoms with E-state index in [1.807, 2.05) is 6.92 Å². The molecule has 0 saturated carbocycles. The van der Waals surface area contributed by atoms with Gasteiger partial charge >= 0.3 is 0 Å². The molecule has 16 heavy (non-hydrogen) atoms. The number of aromatic nitrogens is 1. The number of hydrogen-bond donors (Lipinski definition) is 1. The lowest BCUT2D eigenvalue weighted by atomic mass is 10.1. The van der Waals surface area contributed by atoms with Gasteiger partial charge in [0.05, 0.1) is 10.4 Å². The Balaban J connectivity index is 2.83. The van der Waals surface area contributed by atoms with Crippen LogP contribution in [0, 0.1) is 20.6 Å². The highest BCUT2D eigenvalue weighted by Crippen LogP contribution is 2.30. The van der Waals surface area contributed by atoms with Gasteiger partial charge in [-0.15, -0.1) is 0 Å². The number of benzene rings is 1. The molecule has 1 heterocycles. The lowest BCUT2D eigenvalue weighted by molar-refractivity contribution is -0.384. The Morgan fingerprint density at radius 3 is 2.75 bits per heavy atom. The van der Waals surface area contributed by atoms with Gasteiger partial charge in [0.2, 0.25) is 0 Å². The summed E-state index contributed by atoms with van der Waals surface area (Å²) in [7, 11) is 0. The van der Waals surface area contributed by atoms with E-state index in [0.717, 1.165) is 32.2 Å². The van der Waals surface area contributed by atoms with E-state index in [1.54, 1.807) is 12.1 Å². The zero-order valence-electron chi connectivity index (χ0n) is 9.00. The molecular weight excluding hydrogens is 319 g/mol. The van der Waals surface area contributed by atoms with Gasteiger partial charge in [-0.25, -0.2) is 0 Å². The first kappa shape index (κ1) is 11.4. The minimum absolute atomic E-state index is 0.158. The Morgan fingerprint density at radius 1 is 1.50 bits per heavy atom. The summed E-state index contributed by atoms with van der Waals surface area (Å²) in [6, 6.07) is 3.25. The summed E-state index contributed by atoms with van der Waals surface area (Å²) in [5.74, 6) is 0. The van der Waals surface area contributed by atoms with Crippen LogP contribution in [0.5, 0.6) is 0 Å². The van der Waals surface area contributed by atoms with Gasteiger partial charge in [0, 0.05) is 26.8 Å². The lowest BCUT2D eigenvalue weighted by Gasteiger charge is -1.98. The van der Waals surface area contributed by atoms with E-state index in [4.69, 9.17) is 0 Å². The molecule has 0 saturated heterocycles. The van der Waals surface area contributed by atoms with Crippen molar-refractivity contribution < 1.29 is 4.92 Å². The molecular formula is C11H11IN2O2. The molecule has 2 rings (SSSR count). The average Bonchev–Trinajstić information content (AvgIpc) is 2.54. The van der Waals surface area contributed by atoms with Crippen LogP contribution >= 0.6 is 22.6 Å². The third-order valence-electron chi connectivity index (χ3n) is 2.73. The van der Waals surface area contributed by atoms with Crippen LogP contribution in [0.3, 0.4) is 0 Å². The Bertz CT molecular complexity index is 575. The third-order valence-corrected chi connectivity index (χ3v) is 3.58. The van der Waals surface area contributed by atoms with Crippen LogP contribution in [0.1, 0.15) is 18.2 Å². The number of fused-ring (bicyclic) bond motifs is 1. The van der Waals surface area contributed by atoms with Crippen molar-refractivity contribution in [1.29, 1.82) is 0 Å². The van der Waals surface area contributed by atoms with E-state index in [2.05, 4.69) is 34.5 Å². The number of aromatic amines is 1. The van der Waals surface area contributed by atoms with Gasteiger partial charge in [-0.2, -0.15) is 0 Å². The van der Waals surface area contributed by atoms with Crippen LogP contribution in [0.2, 0.25) is 0 Å². The van der Waals surface area contributed by atoms with Crippen molar-refractivity contribution in [1.82, 2.24) is 4.98 Å². The molecule has 0 radical (unpaired) electrons. The van der Waals surface area contributed by atoms with E-state index >= 15 is 0 Å². The van der Waals surface area contributed by atoms with Crippen LogP contribution in [0.25, 0.3) is 10.9 Å². The number of H-pyrrole nitrogens is 1. The number of hydrogen-bond acceptors (Lipinski definition) is 2. The number of nitro benzene ring substituents is 1. The lowest BCUT2D eigenvalue weighted by Crippen LogP contribution is -1.89. The number of aryl methyl sites for hydroxylation is 2. The largest absolute Gasteiger partial charge is 0.358 e. The van der Waals surface area contributed by atoms with Crippen molar-refractivity contribution in [3.05, 3.63) is 37.1 Å². The molecule has 0 aliphatic carbocycles. The number of rotatable bonds is 2. The number of nitrogens with zero attached hydrogens (tertiary/aromatic N) is 1. The second-order valence-corrected chi connectivity index (χ2v) is 4.85. The first-order valence-corrected chi connectivity index (χ1v) is 6.07.